The molecule has 1 nitrogen and oxygen atoms in total. The van der Waals surface area contributed by atoms with Crippen LogP contribution in [0.2, 0.25) is 0 Å². The molecule has 0 aliphatic carbocycles. The highest BCUT2D eigenvalue weighted by atomic mass is 32.2. The molecule has 78 valence electrons. The predicted octanol–water partition coefficient (Wildman–Crippen LogP) is 3.02. The molecule has 1 aromatic carbocycles. The molecule has 0 aliphatic rings. The van der Waals surface area contributed by atoms with Crippen LogP contribution in [-0.2, 0) is 5.75 Å². The van der Waals surface area contributed by atoms with Crippen molar-refractivity contribution in [3.05, 3.63) is 29.8 Å². The largest absolute Gasteiger partial charge is 0.395 e. The SMILES string of the molecule is CSc1ccccc1CS[C@@H](C)CO. The Labute approximate surface area is 94.3 Å². The van der Waals surface area contributed by atoms with E-state index in [9.17, 15) is 0 Å². The number of thioether (sulfide) groups is 2. The van der Waals surface area contributed by atoms with Gasteiger partial charge in [-0.25, -0.2) is 0 Å². The van der Waals surface area contributed by atoms with Crippen LogP contribution in [0.25, 0.3) is 0 Å². The number of hydrogen-bond donors (Lipinski definition) is 1. The van der Waals surface area contributed by atoms with Crippen molar-refractivity contribution in [1.82, 2.24) is 0 Å². The Morgan fingerprint density at radius 2 is 2.07 bits per heavy atom. The molecule has 1 atom stereocenters. The Bertz CT molecular complexity index is 276. The molecule has 0 aromatic heterocycles. The second-order valence-electron chi connectivity index (χ2n) is 3.12. The van der Waals surface area contributed by atoms with Crippen LogP contribution in [0.3, 0.4) is 0 Å². The fourth-order valence-electron chi connectivity index (χ4n) is 1.11. The Morgan fingerprint density at radius 1 is 1.36 bits per heavy atom. The van der Waals surface area contributed by atoms with E-state index in [1.807, 2.05) is 6.92 Å². The molecule has 14 heavy (non-hydrogen) atoms. The minimum Gasteiger partial charge on any atom is -0.395 e. The van der Waals surface area contributed by atoms with Crippen molar-refractivity contribution in [2.24, 2.45) is 0 Å². The summed E-state index contributed by atoms with van der Waals surface area (Å²) in [6.45, 7) is 2.30. The zero-order chi connectivity index (χ0) is 10.4. The van der Waals surface area contributed by atoms with Crippen LogP contribution >= 0.6 is 23.5 Å². The van der Waals surface area contributed by atoms with Crippen molar-refractivity contribution in [1.29, 1.82) is 0 Å². The quantitative estimate of drug-likeness (QED) is 0.782. The van der Waals surface area contributed by atoms with Gasteiger partial charge in [0.25, 0.3) is 0 Å². The molecular weight excluding hydrogens is 212 g/mol. The maximum absolute atomic E-state index is 8.91. The highest BCUT2D eigenvalue weighted by Crippen LogP contribution is 2.25. The first-order chi connectivity index (χ1) is 6.77. The summed E-state index contributed by atoms with van der Waals surface area (Å²) in [7, 11) is 0. The van der Waals surface area contributed by atoms with Gasteiger partial charge in [0.1, 0.15) is 0 Å². The van der Waals surface area contributed by atoms with Gasteiger partial charge in [0, 0.05) is 15.9 Å². The molecule has 0 amide bonds. The molecule has 0 saturated heterocycles. The van der Waals surface area contributed by atoms with E-state index in [4.69, 9.17) is 5.11 Å². The molecule has 1 N–H and O–H groups in total. The van der Waals surface area contributed by atoms with Crippen LogP contribution < -0.4 is 0 Å². The lowest BCUT2D eigenvalue weighted by Gasteiger charge is -2.10. The van der Waals surface area contributed by atoms with Crippen LogP contribution in [0, 0.1) is 0 Å². The van der Waals surface area contributed by atoms with Gasteiger partial charge in [-0.1, -0.05) is 25.1 Å². The Kier molecular flexibility index (Phi) is 5.45. The first kappa shape index (κ1) is 12.0. The third-order valence-electron chi connectivity index (χ3n) is 1.97. The van der Waals surface area contributed by atoms with Gasteiger partial charge in [-0.15, -0.1) is 11.8 Å². The predicted molar refractivity (Wildman–Crippen MR) is 66.1 cm³/mol. The van der Waals surface area contributed by atoms with Gasteiger partial charge >= 0.3 is 0 Å². The van der Waals surface area contributed by atoms with Gasteiger partial charge in [0.05, 0.1) is 6.61 Å². The molecule has 1 aromatic rings. The summed E-state index contributed by atoms with van der Waals surface area (Å²) in [6.07, 6.45) is 2.10. The number of hydrogen-bond acceptors (Lipinski definition) is 3. The highest BCUT2D eigenvalue weighted by molar-refractivity contribution is 7.99. The van der Waals surface area contributed by atoms with Crippen molar-refractivity contribution >= 4 is 23.5 Å². The second-order valence-corrected chi connectivity index (χ2v) is 5.39. The van der Waals surface area contributed by atoms with E-state index in [1.165, 1.54) is 10.5 Å². The van der Waals surface area contributed by atoms with Crippen LogP contribution in [0.15, 0.2) is 29.2 Å². The van der Waals surface area contributed by atoms with Gasteiger partial charge in [0.2, 0.25) is 0 Å². The van der Waals surface area contributed by atoms with E-state index < -0.39 is 0 Å². The molecule has 3 heteroatoms. The monoisotopic (exact) mass is 228 g/mol. The molecule has 0 unspecified atom stereocenters. The summed E-state index contributed by atoms with van der Waals surface area (Å²) >= 11 is 3.57. The normalized spacial score (nSPS) is 12.8. The van der Waals surface area contributed by atoms with Gasteiger partial charge in [0.15, 0.2) is 0 Å². The fourth-order valence-corrected chi connectivity index (χ4v) is 2.64. The van der Waals surface area contributed by atoms with E-state index in [2.05, 4.69) is 30.5 Å². The lowest BCUT2D eigenvalue weighted by atomic mass is 10.2. The smallest absolute Gasteiger partial charge is 0.0547 e. The van der Waals surface area contributed by atoms with E-state index in [-0.39, 0.29) is 6.61 Å². The van der Waals surface area contributed by atoms with Crippen molar-refractivity contribution in [2.75, 3.05) is 12.9 Å². The second kappa shape index (κ2) is 6.38. The van der Waals surface area contributed by atoms with E-state index >= 15 is 0 Å². The standard InChI is InChI=1S/C11H16OS2/c1-9(7-12)14-8-10-5-3-4-6-11(10)13-2/h3-6,9,12H,7-8H2,1-2H3/t9-/m0/s1. The zero-order valence-corrected chi connectivity index (χ0v) is 10.2. The number of aliphatic hydroxyl groups excluding tert-OH is 1. The highest BCUT2D eigenvalue weighted by Gasteiger charge is 2.04. The Morgan fingerprint density at radius 3 is 2.71 bits per heavy atom. The summed E-state index contributed by atoms with van der Waals surface area (Å²) < 4.78 is 0. The molecule has 0 heterocycles. The molecule has 0 aliphatic heterocycles. The summed E-state index contributed by atoms with van der Waals surface area (Å²) in [4.78, 5) is 1.34. The topological polar surface area (TPSA) is 20.2 Å². The molecule has 0 bridgehead atoms. The molecule has 1 rings (SSSR count). The van der Waals surface area contributed by atoms with Crippen molar-refractivity contribution in [2.45, 2.75) is 22.8 Å². The maximum Gasteiger partial charge on any atom is 0.0547 e. The minimum atomic E-state index is 0.256. The summed E-state index contributed by atoms with van der Waals surface area (Å²) in [5, 5.41) is 9.24. The fraction of sp³-hybridized carbons (Fsp3) is 0.455. The van der Waals surface area contributed by atoms with Crippen LogP contribution in [0.4, 0.5) is 0 Å². The van der Waals surface area contributed by atoms with E-state index in [1.54, 1.807) is 23.5 Å². The Balaban J connectivity index is 2.57. The third kappa shape index (κ3) is 3.56. The lowest BCUT2D eigenvalue weighted by Crippen LogP contribution is -2.02. The van der Waals surface area contributed by atoms with Crippen molar-refractivity contribution < 1.29 is 5.11 Å². The third-order valence-corrected chi connectivity index (χ3v) is 4.01. The lowest BCUT2D eigenvalue weighted by molar-refractivity contribution is 0.300. The van der Waals surface area contributed by atoms with Crippen LogP contribution in [-0.4, -0.2) is 23.2 Å². The first-order valence-corrected chi connectivity index (χ1v) is 6.89. The summed E-state index contributed by atoms with van der Waals surface area (Å²) in [5.41, 5.74) is 1.37. The van der Waals surface area contributed by atoms with E-state index in [0.717, 1.165) is 5.75 Å². The summed E-state index contributed by atoms with van der Waals surface area (Å²) in [5.74, 6) is 0.985. The number of benzene rings is 1. The van der Waals surface area contributed by atoms with E-state index in [0.29, 0.717) is 5.25 Å². The van der Waals surface area contributed by atoms with Crippen molar-refractivity contribution in [3.63, 3.8) is 0 Å². The number of aliphatic hydroxyl groups is 1. The molecule has 0 saturated carbocycles. The molecule has 0 radical (unpaired) electrons. The zero-order valence-electron chi connectivity index (χ0n) is 8.56. The molecular formula is C11H16OS2. The average molecular weight is 228 g/mol. The molecule has 0 fully saturated rings. The van der Waals surface area contributed by atoms with Gasteiger partial charge in [-0.2, -0.15) is 11.8 Å². The number of rotatable bonds is 5. The summed E-state index contributed by atoms with van der Waals surface area (Å²) in [6, 6.07) is 8.43. The average Bonchev–Trinajstić information content (AvgIpc) is 2.26. The van der Waals surface area contributed by atoms with Gasteiger partial charge in [-0.05, 0) is 17.9 Å². The maximum atomic E-state index is 8.91. The first-order valence-electron chi connectivity index (χ1n) is 4.62. The molecule has 0 spiro atoms. The van der Waals surface area contributed by atoms with Gasteiger partial charge < -0.3 is 5.11 Å². The Hall–Kier alpha value is -0.120. The van der Waals surface area contributed by atoms with Crippen LogP contribution in [0.1, 0.15) is 12.5 Å². The minimum absolute atomic E-state index is 0.256. The van der Waals surface area contributed by atoms with Crippen molar-refractivity contribution in [3.8, 4) is 0 Å². The van der Waals surface area contributed by atoms with Crippen LogP contribution in [0.5, 0.6) is 0 Å². The van der Waals surface area contributed by atoms with Gasteiger partial charge in [-0.3, -0.25) is 0 Å².